The van der Waals surface area contributed by atoms with E-state index in [1.54, 1.807) is 18.0 Å². The first-order valence-corrected chi connectivity index (χ1v) is 7.62. The largest absolute Gasteiger partial charge is 0.492 e. The zero-order chi connectivity index (χ0) is 11.8. The van der Waals surface area contributed by atoms with Crippen molar-refractivity contribution in [1.29, 1.82) is 0 Å². The number of hydrogen-bond donors (Lipinski definition) is 0. The highest BCUT2D eigenvalue weighted by atomic mass is 79.9. The maximum absolute atomic E-state index is 11.3. The van der Waals surface area contributed by atoms with Crippen molar-refractivity contribution in [2.24, 2.45) is 0 Å². The molecule has 1 aliphatic rings. The molecule has 1 aliphatic heterocycles. The van der Waals surface area contributed by atoms with Gasteiger partial charge in [-0.3, -0.25) is 4.68 Å². The van der Waals surface area contributed by atoms with E-state index in [0.29, 0.717) is 18.6 Å². The van der Waals surface area contributed by atoms with Crippen LogP contribution in [-0.2, 0) is 9.84 Å². The maximum Gasteiger partial charge on any atom is 0.171 e. The summed E-state index contributed by atoms with van der Waals surface area (Å²) < 4.78 is 30.3. The Morgan fingerprint density at radius 2 is 2.12 bits per heavy atom. The lowest BCUT2D eigenvalue weighted by atomic mass is 10.2. The van der Waals surface area contributed by atoms with Gasteiger partial charge in [-0.1, -0.05) is 0 Å². The Hall–Kier alpha value is -0.560. The minimum absolute atomic E-state index is 0.141. The normalized spacial score (nSPS) is 20.9. The molecule has 0 bridgehead atoms. The summed E-state index contributed by atoms with van der Waals surface area (Å²) in [5, 5.41) is 4.21. The number of ether oxygens (including phenoxy) is 1. The van der Waals surface area contributed by atoms with Gasteiger partial charge in [0.2, 0.25) is 0 Å². The van der Waals surface area contributed by atoms with Crippen molar-refractivity contribution in [3.8, 4) is 5.75 Å². The fourth-order valence-electron chi connectivity index (χ4n) is 1.85. The minimum Gasteiger partial charge on any atom is -0.492 e. The second-order valence-electron chi connectivity index (χ2n) is 3.83. The molecule has 5 nitrogen and oxygen atoms in total. The summed E-state index contributed by atoms with van der Waals surface area (Å²) in [6, 6.07) is 0.141. The Bertz CT molecular complexity index is 469. The van der Waals surface area contributed by atoms with Gasteiger partial charge >= 0.3 is 0 Å². The molecule has 2 heterocycles. The van der Waals surface area contributed by atoms with Gasteiger partial charge in [0.1, 0.15) is 14.4 Å². The lowest BCUT2D eigenvalue weighted by molar-refractivity contribution is 0.391. The lowest BCUT2D eigenvalue weighted by Crippen LogP contribution is -2.26. The van der Waals surface area contributed by atoms with Crippen LogP contribution in [0.1, 0.15) is 18.9 Å². The lowest BCUT2D eigenvalue weighted by Gasteiger charge is -2.22. The van der Waals surface area contributed by atoms with Crippen LogP contribution in [0.5, 0.6) is 5.75 Å². The van der Waals surface area contributed by atoms with Crippen LogP contribution < -0.4 is 4.74 Å². The second kappa shape index (κ2) is 4.37. The average Bonchev–Trinajstić information content (AvgIpc) is 2.60. The van der Waals surface area contributed by atoms with Gasteiger partial charge < -0.3 is 4.74 Å². The summed E-state index contributed by atoms with van der Waals surface area (Å²) in [6.07, 6.45) is 2.87. The van der Waals surface area contributed by atoms with E-state index in [2.05, 4.69) is 21.0 Å². The summed E-state index contributed by atoms with van der Waals surface area (Å²) >= 11 is 3.40. The van der Waals surface area contributed by atoms with E-state index >= 15 is 0 Å². The van der Waals surface area contributed by atoms with Crippen molar-refractivity contribution in [3.63, 3.8) is 0 Å². The van der Waals surface area contributed by atoms with E-state index in [1.165, 1.54) is 0 Å². The Kier molecular flexibility index (Phi) is 3.25. The standard InChI is InChI=1S/C9H13BrN2O3S/c1-15-8-6-11-12(9(8)10)7-2-4-16(13,14)5-3-7/h6-7H,2-5H2,1H3. The third kappa shape index (κ3) is 2.24. The molecule has 0 aliphatic carbocycles. The number of aromatic nitrogens is 2. The van der Waals surface area contributed by atoms with Gasteiger partial charge in [-0.2, -0.15) is 5.10 Å². The quantitative estimate of drug-likeness (QED) is 0.828. The molecule has 0 saturated carbocycles. The van der Waals surface area contributed by atoms with Crippen LogP contribution in [0.3, 0.4) is 0 Å². The second-order valence-corrected chi connectivity index (χ2v) is 6.89. The Balaban J connectivity index is 2.17. The molecule has 7 heteroatoms. The van der Waals surface area contributed by atoms with Gasteiger partial charge in [-0.15, -0.1) is 0 Å². The van der Waals surface area contributed by atoms with Crippen LogP contribution in [-0.4, -0.2) is 36.8 Å². The first kappa shape index (κ1) is 11.9. The summed E-state index contributed by atoms with van der Waals surface area (Å²) in [5.74, 6) is 1.16. The fraction of sp³-hybridized carbons (Fsp3) is 0.667. The molecule has 16 heavy (non-hydrogen) atoms. The van der Waals surface area contributed by atoms with Crippen LogP contribution >= 0.6 is 15.9 Å². The molecule has 0 spiro atoms. The van der Waals surface area contributed by atoms with Crippen molar-refractivity contribution in [3.05, 3.63) is 10.8 Å². The number of halogens is 1. The third-order valence-electron chi connectivity index (χ3n) is 2.79. The monoisotopic (exact) mass is 308 g/mol. The predicted molar refractivity (Wildman–Crippen MR) is 63.4 cm³/mol. The van der Waals surface area contributed by atoms with E-state index in [9.17, 15) is 8.42 Å². The first-order valence-electron chi connectivity index (χ1n) is 5.01. The van der Waals surface area contributed by atoms with Gasteiger partial charge in [0.25, 0.3) is 0 Å². The summed E-state index contributed by atoms with van der Waals surface area (Å²) in [4.78, 5) is 0. The maximum atomic E-state index is 11.3. The van der Waals surface area contributed by atoms with Crippen molar-refractivity contribution in [1.82, 2.24) is 9.78 Å². The molecule has 1 aromatic rings. The van der Waals surface area contributed by atoms with Crippen molar-refractivity contribution < 1.29 is 13.2 Å². The average molecular weight is 309 g/mol. The van der Waals surface area contributed by atoms with Gasteiger partial charge in [-0.25, -0.2) is 8.42 Å². The molecule has 2 rings (SSSR count). The highest BCUT2D eigenvalue weighted by Gasteiger charge is 2.27. The Morgan fingerprint density at radius 3 is 2.62 bits per heavy atom. The molecule has 0 aromatic carbocycles. The predicted octanol–water partition coefficient (Wildman–Crippen LogP) is 1.40. The first-order chi connectivity index (χ1) is 7.53. The number of methoxy groups -OCH3 is 1. The fourth-order valence-corrected chi connectivity index (χ4v) is 3.96. The molecule has 1 saturated heterocycles. The van der Waals surface area contributed by atoms with Crippen LogP contribution in [0.15, 0.2) is 10.8 Å². The van der Waals surface area contributed by atoms with Crippen LogP contribution in [0, 0.1) is 0 Å². The van der Waals surface area contributed by atoms with Crippen molar-refractivity contribution >= 4 is 25.8 Å². The van der Waals surface area contributed by atoms with Crippen LogP contribution in [0.2, 0.25) is 0 Å². The van der Waals surface area contributed by atoms with Crippen LogP contribution in [0.4, 0.5) is 0 Å². The van der Waals surface area contributed by atoms with E-state index in [1.807, 2.05) is 0 Å². The molecule has 0 N–H and O–H groups in total. The zero-order valence-corrected chi connectivity index (χ0v) is 11.3. The highest BCUT2D eigenvalue weighted by Crippen LogP contribution is 2.31. The number of hydrogen-bond acceptors (Lipinski definition) is 4. The van der Waals surface area contributed by atoms with Gasteiger partial charge in [0.05, 0.1) is 30.9 Å². The molecule has 0 radical (unpaired) electrons. The van der Waals surface area contributed by atoms with Gasteiger partial charge in [0.15, 0.2) is 5.75 Å². The van der Waals surface area contributed by atoms with E-state index in [4.69, 9.17) is 4.74 Å². The topological polar surface area (TPSA) is 61.2 Å². The molecule has 90 valence electrons. The highest BCUT2D eigenvalue weighted by molar-refractivity contribution is 9.10. The SMILES string of the molecule is COc1cnn(C2CCS(=O)(=O)CC2)c1Br. The molecule has 1 aromatic heterocycles. The summed E-state index contributed by atoms with van der Waals surface area (Å²) in [5.41, 5.74) is 0. The Morgan fingerprint density at radius 1 is 1.50 bits per heavy atom. The Labute approximate surface area is 103 Å². The number of nitrogens with zero attached hydrogens (tertiary/aromatic N) is 2. The molecule has 0 amide bonds. The minimum atomic E-state index is -2.82. The van der Waals surface area contributed by atoms with E-state index in [-0.39, 0.29) is 17.5 Å². The molecule has 0 atom stereocenters. The zero-order valence-electron chi connectivity index (χ0n) is 8.89. The van der Waals surface area contributed by atoms with Crippen molar-refractivity contribution in [2.45, 2.75) is 18.9 Å². The molecule has 0 unspecified atom stereocenters. The van der Waals surface area contributed by atoms with Gasteiger partial charge in [0, 0.05) is 0 Å². The van der Waals surface area contributed by atoms with Crippen molar-refractivity contribution in [2.75, 3.05) is 18.6 Å². The third-order valence-corrected chi connectivity index (χ3v) is 5.26. The molecular formula is C9H13BrN2O3S. The molecular weight excluding hydrogens is 296 g/mol. The van der Waals surface area contributed by atoms with Gasteiger partial charge in [-0.05, 0) is 28.8 Å². The summed E-state index contributed by atoms with van der Waals surface area (Å²) in [6.45, 7) is 0. The summed E-state index contributed by atoms with van der Waals surface area (Å²) in [7, 11) is -1.24. The smallest absolute Gasteiger partial charge is 0.171 e. The van der Waals surface area contributed by atoms with Crippen LogP contribution in [0.25, 0.3) is 0 Å². The molecule has 1 fully saturated rings. The van der Waals surface area contributed by atoms with E-state index < -0.39 is 9.84 Å². The number of rotatable bonds is 2. The number of sulfone groups is 1. The van der Waals surface area contributed by atoms with E-state index in [0.717, 1.165) is 4.60 Å².